The Morgan fingerprint density at radius 1 is 1.09 bits per heavy atom. The lowest BCUT2D eigenvalue weighted by molar-refractivity contribution is -0.153. The standard InChI is InChI=1S/C24H32N2O7/c1-23(2,3)33-22(29)26-12-8-16(9-13-26)21(28)30-15-20(27)25-17-6-7-18-19(14-17)32-24(31-18)10-4-5-11-24/h6-7,14,16H,4-5,8-13,15H2,1-3H3,(H,25,27). The van der Waals surface area contributed by atoms with Gasteiger partial charge in [0.05, 0.1) is 5.92 Å². The van der Waals surface area contributed by atoms with E-state index in [4.69, 9.17) is 18.9 Å². The first-order chi connectivity index (χ1) is 15.6. The minimum Gasteiger partial charge on any atom is -0.455 e. The molecule has 4 rings (SSSR count). The molecule has 1 saturated carbocycles. The molecular weight excluding hydrogens is 428 g/mol. The van der Waals surface area contributed by atoms with Crippen LogP contribution >= 0.6 is 0 Å². The maximum absolute atomic E-state index is 12.4. The van der Waals surface area contributed by atoms with Crippen molar-refractivity contribution in [1.29, 1.82) is 0 Å². The van der Waals surface area contributed by atoms with Crippen molar-refractivity contribution < 1.29 is 33.3 Å². The molecule has 9 heteroatoms. The molecule has 9 nitrogen and oxygen atoms in total. The Hall–Kier alpha value is -2.97. The van der Waals surface area contributed by atoms with Crippen LogP contribution in [0, 0.1) is 5.92 Å². The highest BCUT2D eigenvalue weighted by Crippen LogP contribution is 2.47. The molecule has 1 spiro atoms. The lowest BCUT2D eigenvalue weighted by atomic mass is 9.97. The highest BCUT2D eigenvalue weighted by molar-refractivity contribution is 5.93. The third-order valence-corrected chi connectivity index (χ3v) is 6.01. The second-order valence-corrected chi connectivity index (χ2v) is 9.88. The lowest BCUT2D eigenvalue weighted by Gasteiger charge is -2.32. The minimum absolute atomic E-state index is 0.343. The van der Waals surface area contributed by atoms with E-state index in [2.05, 4.69) is 5.32 Å². The summed E-state index contributed by atoms with van der Waals surface area (Å²) in [5.41, 5.74) is -0.00466. The van der Waals surface area contributed by atoms with Crippen molar-refractivity contribution in [3.05, 3.63) is 18.2 Å². The number of ether oxygens (including phenoxy) is 4. The van der Waals surface area contributed by atoms with Gasteiger partial charge in [-0.2, -0.15) is 0 Å². The van der Waals surface area contributed by atoms with Crippen LogP contribution in [0.1, 0.15) is 59.3 Å². The summed E-state index contributed by atoms with van der Waals surface area (Å²) in [6, 6.07) is 5.25. The number of hydrogen-bond acceptors (Lipinski definition) is 7. The van der Waals surface area contributed by atoms with Gasteiger partial charge < -0.3 is 29.2 Å². The Morgan fingerprint density at radius 2 is 1.76 bits per heavy atom. The molecule has 1 aromatic carbocycles. The molecule has 2 amide bonds. The van der Waals surface area contributed by atoms with Gasteiger partial charge in [-0.1, -0.05) is 0 Å². The number of likely N-dealkylation sites (tertiary alicyclic amines) is 1. The molecule has 2 aliphatic heterocycles. The van der Waals surface area contributed by atoms with Crippen molar-refractivity contribution in [1.82, 2.24) is 4.90 Å². The van der Waals surface area contributed by atoms with Crippen molar-refractivity contribution >= 4 is 23.7 Å². The minimum atomic E-state index is -0.559. The molecule has 0 radical (unpaired) electrons. The van der Waals surface area contributed by atoms with Crippen molar-refractivity contribution in [2.75, 3.05) is 25.0 Å². The third-order valence-electron chi connectivity index (χ3n) is 6.01. The summed E-state index contributed by atoms with van der Waals surface area (Å²) < 4.78 is 22.6. The third kappa shape index (κ3) is 5.69. The zero-order chi connectivity index (χ0) is 23.6. The van der Waals surface area contributed by atoms with Crippen LogP contribution in [-0.4, -0.2) is 54.0 Å². The van der Waals surface area contributed by atoms with Gasteiger partial charge in [-0.3, -0.25) is 9.59 Å². The summed E-state index contributed by atoms with van der Waals surface area (Å²) in [6.07, 6.45) is 4.43. The van der Waals surface area contributed by atoms with Crippen LogP contribution in [-0.2, 0) is 19.1 Å². The molecular formula is C24H32N2O7. The Balaban J connectivity index is 1.20. The summed E-state index contributed by atoms with van der Waals surface area (Å²) in [5.74, 6) is -0.460. The van der Waals surface area contributed by atoms with Crippen LogP contribution in [0.25, 0.3) is 0 Å². The second kappa shape index (κ2) is 9.11. The topological polar surface area (TPSA) is 103 Å². The van der Waals surface area contributed by atoms with Crippen LogP contribution in [0.4, 0.5) is 10.5 Å². The van der Waals surface area contributed by atoms with Gasteiger partial charge in [0.1, 0.15) is 5.60 Å². The molecule has 0 atom stereocenters. The number of benzene rings is 1. The van der Waals surface area contributed by atoms with Crippen molar-refractivity contribution in [2.24, 2.45) is 5.92 Å². The molecule has 180 valence electrons. The van der Waals surface area contributed by atoms with E-state index in [0.717, 1.165) is 25.7 Å². The van der Waals surface area contributed by atoms with E-state index < -0.39 is 23.3 Å². The van der Waals surface area contributed by atoms with Gasteiger partial charge >= 0.3 is 12.1 Å². The molecule has 1 aromatic rings. The summed E-state index contributed by atoms with van der Waals surface area (Å²) in [5, 5.41) is 2.73. The number of piperidine rings is 1. The van der Waals surface area contributed by atoms with E-state index in [-0.39, 0.29) is 18.6 Å². The SMILES string of the molecule is CC(C)(C)OC(=O)N1CCC(C(=O)OCC(=O)Nc2ccc3c(c2)OC2(CCCC2)O3)CC1. The highest BCUT2D eigenvalue weighted by atomic mass is 16.7. The smallest absolute Gasteiger partial charge is 0.410 e. The largest absolute Gasteiger partial charge is 0.455 e. The molecule has 1 aliphatic carbocycles. The maximum Gasteiger partial charge on any atom is 0.410 e. The number of nitrogens with one attached hydrogen (secondary N) is 1. The average molecular weight is 461 g/mol. The molecule has 33 heavy (non-hydrogen) atoms. The first-order valence-corrected chi connectivity index (χ1v) is 11.6. The van der Waals surface area contributed by atoms with Crippen LogP contribution in [0.2, 0.25) is 0 Å². The van der Waals surface area contributed by atoms with Gasteiger partial charge in [-0.25, -0.2) is 4.79 Å². The molecule has 2 heterocycles. The number of esters is 1. The normalized spacial score (nSPS) is 19.4. The summed E-state index contributed by atoms with van der Waals surface area (Å²) in [6.45, 7) is 5.91. The molecule has 2 fully saturated rings. The quantitative estimate of drug-likeness (QED) is 0.681. The van der Waals surface area contributed by atoms with E-state index in [1.165, 1.54) is 0 Å². The van der Waals surface area contributed by atoms with Gasteiger partial charge in [-0.15, -0.1) is 0 Å². The number of anilines is 1. The zero-order valence-electron chi connectivity index (χ0n) is 19.5. The molecule has 0 bridgehead atoms. The van der Waals surface area contributed by atoms with Crippen LogP contribution in [0.3, 0.4) is 0 Å². The van der Waals surface area contributed by atoms with Crippen LogP contribution < -0.4 is 14.8 Å². The number of carbonyl (C=O) groups excluding carboxylic acids is 3. The monoisotopic (exact) mass is 460 g/mol. The first kappa shape index (κ1) is 23.2. The number of amides is 2. The fraction of sp³-hybridized carbons (Fsp3) is 0.625. The van der Waals surface area contributed by atoms with E-state index in [9.17, 15) is 14.4 Å². The van der Waals surface area contributed by atoms with Crippen molar-refractivity contribution in [3.63, 3.8) is 0 Å². The van der Waals surface area contributed by atoms with E-state index in [1.807, 2.05) is 20.8 Å². The van der Waals surface area contributed by atoms with Gasteiger partial charge in [0, 0.05) is 37.7 Å². The van der Waals surface area contributed by atoms with Crippen LogP contribution in [0.5, 0.6) is 11.5 Å². The van der Waals surface area contributed by atoms with Crippen LogP contribution in [0.15, 0.2) is 18.2 Å². The van der Waals surface area contributed by atoms with E-state index in [0.29, 0.717) is 43.1 Å². The fourth-order valence-corrected chi connectivity index (χ4v) is 4.37. The summed E-state index contributed by atoms with van der Waals surface area (Å²) in [7, 11) is 0. The molecule has 0 unspecified atom stereocenters. The molecule has 1 saturated heterocycles. The summed E-state index contributed by atoms with van der Waals surface area (Å²) in [4.78, 5) is 38.4. The Bertz CT molecular complexity index is 910. The number of hydrogen-bond donors (Lipinski definition) is 1. The lowest BCUT2D eigenvalue weighted by Crippen LogP contribution is -2.43. The maximum atomic E-state index is 12.4. The number of nitrogens with zero attached hydrogens (tertiary/aromatic N) is 1. The Labute approximate surface area is 193 Å². The number of rotatable bonds is 4. The highest BCUT2D eigenvalue weighted by Gasteiger charge is 2.44. The number of carbonyl (C=O) groups is 3. The molecule has 3 aliphatic rings. The van der Waals surface area contributed by atoms with Gasteiger partial charge in [-0.05, 0) is 58.6 Å². The molecule has 0 aromatic heterocycles. The predicted octanol–water partition coefficient (Wildman–Crippen LogP) is 3.86. The van der Waals surface area contributed by atoms with Gasteiger partial charge in [0.2, 0.25) is 0 Å². The zero-order valence-corrected chi connectivity index (χ0v) is 19.5. The van der Waals surface area contributed by atoms with E-state index >= 15 is 0 Å². The Morgan fingerprint density at radius 3 is 2.42 bits per heavy atom. The first-order valence-electron chi connectivity index (χ1n) is 11.6. The van der Waals surface area contributed by atoms with Gasteiger partial charge in [0.25, 0.3) is 11.7 Å². The Kier molecular flexibility index (Phi) is 6.41. The summed E-state index contributed by atoms with van der Waals surface area (Å²) >= 11 is 0. The molecule has 1 N–H and O–H groups in total. The van der Waals surface area contributed by atoms with Crippen molar-refractivity contribution in [2.45, 2.75) is 70.7 Å². The fourth-order valence-electron chi connectivity index (χ4n) is 4.37. The predicted molar refractivity (Wildman–Crippen MR) is 119 cm³/mol. The van der Waals surface area contributed by atoms with E-state index in [1.54, 1.807) is 23.1 Å². The average Bonchev–Trinajstić information content (AvgIpc) is 3.36. The van der Waals surface area contributed by atoms with Crippen molar-refractivity contribution in [3.8, 4) is 11.5 Å². The number of fused-ring (bicyclic) bond motifs is 1. The van der Waals surface area contributed by atoms with Gasteiger partial charge in [0.15, 0.2) is 18.1 Å². The second-order valence-electron chi connectivity index (χ2n) is 9.88.